The van der Waals surface area contributed by atoms with Gasteiger partial charge in [-0.3, -0.25) is 0 Å². The number of aryl methyl sites for hydroxylation is 1. The topological polar surface area (TPSA) is 38.5 Å². The number of nitrogens with two attached hydrogens (primary N) is 1. The Bertz CT molecular complexity index is 337. The first kappa shape index (κ1) is 14.0. The Hall–Kier alpha value is -1.06. The van der Waals surface area contributed by atoms with Gasteiger partial charge in [0.15, 0.2) is 0 Å². The first-order valence-corrected chi connectivity index (χ1v) is 6.17. The van der Waals surface area contributed by atoms with Gasteiger partial charge in [0, 0.05) is 6.54 Å². The van der Waals surface area contributed by atoms with E-state index in [0.717, 1.165) is 38.1 Å². The van der Waals surface area contributed by atoms with Crippen molar-refractivity contribution in [2.75, 3.05) is 27.7 Å². The molecule has 0 aromatic heterocycles. The Morgan fingerprint density at radius 3 is 2.41 bits per heavy atom. The minimum Gasteiger partial charge on any atom is -0.497 e. The highest BCUT2D eigenvalue weighted by molar-refractivity contribution is 5.34. The lowest BCUT2D eigenvalue weighted by atomic mass is 10.0. The van der Waals surface area contributed by atoms with Crippen LogP contribution in [-0.4, -0.2) is 32.6 Å². The van der Waals surface area contributed by atoms with Crippen LogP contribution in [0.15, 0.2) is 18.2 Å². The fourth-order valence-electron chi connectivity index (χ4n) is 1.92. The highest BCUT2D eigenvalue weighted by Crippen LogP contribution is 2.19. The SMILES string of the molecule is COc1cc(CCCCN)cc(CN(C)C)c1. The van der Waals surface area contributed by atoms with E-state index in [0.29, 0.717) is 0 Å². The van der Waals surface area contributed by atoms with Gasteiger partial charge in [-0.15, -0.1) is 0 Å². The van der Waals surface area contributed by atoms with Crippen molar-refractivity contribution in [2.24, 2.45) is 5.73 Å². The van der Waals surface area contributed by atoms with Crippen LogP contribution >= 0.6 is 0 Å². The molecule has 0 heterocycles. The molecule has 0 saturated carbocycles. The monoisotopic (exact) mass is 236 g/mol. The molecule has 1 aromatic carbocycles. The second kappa shape index (κ2) is 7.30. The number of nitrogens with zero attached hydrogens (tertiary/aromatic N) is 1. The molecule has 1 rings (SSSR count). The molecule has 0 fully saturated rings. The minimum absolute atomic E-state index is 0.772. The van der Waals surface area contributed by atoms with Crippen LogP contribution in [0.5, 0.6) is 5.75 Å². The maximum Gasteiger partial charge on any atom is 0.119 e. The second-order valence-corrected chi connectivity index (χ2v) is 4.67. The highest BCUT2D eigenvalue weighted by atomic mass is 16.5. The first-order valence-electron chi connectivity index (χ1n) is 6.17. The van der Waals surface area contributed by atoms with Crippen LogP contribution in [0.4, 0.5) is 0 Å². The van der Waals surface area contributed by atoms with E-state index < -0.39 is 0 Å². The number of methoxy groups -OCH3 is 1. The zero-order valence-corrected chi connectivity index (χ0v) is 11.2. The molecule has 0 spiro atoms. The van der Waals surface area contributed by atoms with E-state index in [-0.39, 0.29) is 0 Å². The van der Waals surface area contributed by atoms with Gasteiger partial charge in [0.05, 0.1) is 7.11 Å². The third kappa shape index (κ3) is 5.20. The van der Waals surface area contributed by atoms with Crippen molar-refractivity contribution < 1.29 is 4.74 Å². The second-order valence-electron chi connectivity index (χ2n) is 4.67. The van der Waals surface area contributed by atoms with E-state index in [4.69, 9.17) is 10.5 Å². The Morgan fingerprint density at radius 1 is 1.12 bits per heavy atom. The summed E-state index contributed by atoms with van der Waals surface area (Å²) in [5.41, 5.74) is 8.16. The average Bonchev–Trinajstić information content (AvgIpc) is 2.28. The Labute approximate surface area is 105 Å². The lowest BCUT2D eigenvalue weighted by Gasteiger charge is -2.13. The Morgan fingerprint density at radius 2 is 1.82 bits per heavy atom. The first-order chi connectivity index (χ1) is 8.15. The molecule has 0 atom stereocenters. The summed E-state index contributed by atoms with van der Waals surface area (Å²) in [7, 11) is 5.87. The van der Waals surface area contributed by atoms with Crippen LogP contribution in [0.25, 0.3) is 0 Å². The quantitative estimate of drug-likeness (QED) is 0.736. The van der Waals surface area contributed by atoms with Crippen LogP contribution in [0.1, 0.15) is 24.0 Å². The van der Waals surface area contributed by atoms with E-state index in [1.165, 1.54) is 11.1 Å². The molecule has 0 aliphatic heterocycles. The predicted octanol–water partition coefficient (Wildman–Crippen LogP) is 2.04. The summed E-state index contributed by atoms with van der Waals surface area (Å²) < 4.78 is 5.34. The van der Waals surface area contributed by atoms with Gasteiger partial charge in [-0.1, -0.05) is 6.07 Å². The predicted molar refractivity (Wildman–Crippen MR) is 72.4 cm³/mol. The van der Waals surface area contributed by atoms with Crippen molar-refractivity contribution in [1.82, 2.24) is 4.90 Å². The van der Waals surface area contributed by atoms with E-state index in [9.17, 15) is 0 Å². The molecule has 0 bridgehead atoms. The molecule has 2 N–H and O–H groups in total. The molecule has 0 saturated heterocycles. The minimum atomic E-state index is 0.772. The molecule has 1 aromatic rings. The molecule has 0 unspecified atom stereocenters. The van der Waals surface area contributed by atoms with Crippen molar-refractivity contribution in [1.29, 1.82) is 0 Å². The molecule has 0 aliphatic rings. The van der Waals surface area contributed by atoms with Gasteiger partial charge in [-0.05, 0) is 63.2 Å². The number of hydrogen-bond acceptors (Lipinski definition) is 3. The Balaban J connectivity index is 2.74. The molecule has 3 nitrogen and oxygen atoms in total. The molecule has 96 valence electrons. The fourth-order valence-corrected chi connectivity index (χ4v) is 1.92. The van der Waals surface area contributed by atoms with Crippen LogP contribution in [-0.2, 0) is 13.0 Å². The molecule has 3 heteroatoms. The molecule has 17 heavy (non-hydrogen) atoms. The van der Waals surface area contributed by atoms with Crippen LogP contribution in [0, 0.1) is 0 Å². The maximum absolute atomic E-state index is 5.51. The summed E-state index contributed by atoms with van der Waals surface area (Å²) in [6.45, 7) is 1.72. The molecule has 0 amide bonds. The number of hydrogen-bond donors (Lipinski definition) is 1. The van der Waals surface area contributed by atoms with Crippen molar-refractivity contribution in [2.45, 2.75) is 25.8 Å². The zero-order chi connectivity index (χ0) is 12.7. The smallest absolute Gasteiger partial charge is 0.119 e. The standard InChI is InChI=1S/C14H24N2O/c1-16(2)11-13-8-12(6-4-5-7-15)9-14(10-13)17-3/h8-10H,4-7,11,15H2,1-3H3. The normalized spacial score (nSPS) is 10.9. The van der Waals surface area contributed by atoms with Crippen molar-refractivity contribution in [3.8, 4) is 5.75 Å². The molecule has 0 aliphatic carbocycles. The van der Waals surface area contributed by atoms with Gasteiger partial charge in [0.2, 0.25) is 0 Å². The summed E-state index contributed by atoms with van der Waals surface area (Å²) in [4.78, 5) is 2.17. The number of benzene rings is 1. The van der Waals surface area contributed by atoms with Gasteiger partial charge in [0.25, 0.3) is 0 Å². The van der Waals surface area contributed by atoms with Crippen molar-refractivity contribution in [3.63, 3.8) is 0 Å². The summed E-state index contributed by atoms with van der Waals surface area (Å²) in [5, 5.41) is 0. The van der Waals surface area contributed by atoms with E-state index in [2.05, 4.69) is 37.2 Å². The maximum atomic E-state index is 5.51. The summed E-state index contributed by atoms with van der Waals surface area (Å²) >= 11 is 0. The zero-order valence-electron chi connectivity index (χ0n) is 11.2. The Kier molecular flexibility index (Phi) is 6.01. The van der Waals surface area contributed by atoms with Crippen LogP contribution in [0.3, 0.4) is 0 Å². The van der Waals surface area contributed by atoms with Gasteiger partial charge < -0.3 is 15.4 Å². The van der Waals surface area contributed by atoms with Crippen molar-refractivity contribution in [3.05, 3.63) is 29.3 Å². The third-order valence-corrected chi connectivity index (χ3v) is 2.68. The van der Waals surface area contributed by atoms with E-state index in [1.807, 2.05) is 0 Å². The van der Waals surface area contributed by atoms with Crippen LogP contribution in [0.2, 0.25) is 0 Å². The van der Waals surface area contributed by atoms with Gasteiger partial charge in [-0.2, -0.15) is 0 Å². The number of ether oxygens (including phenoxy) is 1. The third-order valence-electron chi connectivity index (χ3n) is 2.68. The van der Waals surface area contributed by atoms with E-state index >= 15 is 0 Å². The van der Waals surface area contributed by atoms with E-state index in [1.54, 1.807) is 7.11 Å². The van der Waals surface area contributed by atoms with Crippen LogP contribution < -0.4 is 10.5 Å². The summed E-state index contributed by atoms with van der Waals surface area (Å²) in [5.74, 6) is 0.951. The number of unbranched alkanes of at least 4 members (excludes halogenated alkanes) is 1. The van der Waals surface area contributed by atoms with Crippen molar-refractivity contribution >= 4 is 0 Å². The molecule has 0 radical (unpaired) electrons. The largest absolute Gasteiger partial charge is 0.497 e. The number of rotatable bonds is 7. The highest BCUT2D eigenvalue weighted by Gasteiger charge is 2.02. The average molecular weight is 236 g/mol. The van der Waals surface area contributed by atoms with Gasteiger partial charge >= 0.3 is 0 Å². The summed E-state index contributed by atoms with van der Waals surface area (Å²) in [6.07, 6.45) is 3.31. The van der Waals surface area contributed by atoms with Gasteiger partial charge in [-0.25, -0.2) is 0 Å². The molecular formula is C14H24N2O. The summed E-state index contributed by atoms with van der Waals surface area (Å²) in [6, 6.07) is 6.49. The fraction of sp³-hybridized carbons (Fsp3) is 0.571. The molecular weight excluding hydrogens is 212 g/mol. The lowest BCUT2D eigenvalue weighted by molar-refractivity contribution is 0.394. The van der Waals surface area contributed by atoms with Gasteiger partial charge in [0.1, 0.15) is 5.75 Å². The lowest BCUT2D eigenvalue weighted by Crippen LogP contribution is -2.11.